The molecule has 1 saturated heterocycles. The number of thioether (sulfide) groups is 1. The van der Waals surface area contributed by atoms with Crippen LogP contribution in [-0.4, -0.2) is 64.1 Å². The highest BCUT2D eigenvalue weighted by atomic mass is 32.2. The first-order chi connectivity index (χ1) is 17.2. The van der Waals surface area contributed by atoms with E-state index in [1.54, 1.807) is 25.1 Å². The Morgan fingerprint density at radius 2 is 2.14 bits per heavy atom. The molecule has 35 heavy (non-hydrogen) atoms. The van der Waals surface area contributed by atoms with Crippen molar-refractivity contribution in [2.24, 2.45) is 4.99 Å². The molecule has 0 amide bonds. The van der Waals surface area contributed by atoms with Crippen LogP contribution < -0.4 is 10.2 Å². The smallest absolute Gasteiger partial charge is 0.184 e. The topological polar surface area (TPSA) is 90.3 Å². The lowest BCUT2D eigenvalue weighted by Gasteiger charge is -2.33. The molecule has 1 aliphatic carbocycles. The SMILES string of the molecule is COCCSc1cnc(NN2SC=N[C@@H]2C2COC3(CCCCC3)O2)c(Oc2cccnc2C)c1. The Balaban J connectivity index is 1.33. The number of methoxy groups -OCH3 is 1. The summed E-state index contributed by atoms with van der Waals surface area (Å²) in [6, 6.07) is 5.75. The highest BCUT2D eigenvalue weighted by Gasteiger charge is 2.47. The second-order valence-electron chi connectivity index (χ2n) is 8.70. The predicted molar refractivity (Wildman–Crippen MR) is 138 cm³/mol. The number of aromatic nitrogens is 2. The van der Waals surface area contributed by atoms with Gasteiger partial charge in [0, 0.05) is 43.0 Å². The maximum absolute atomic E-state index is 6.45. The van der Waals surface area contributed by atoms with Crippen LogP contribution >= 0.6 is 23.7 Å². The number of aryl methyl sites for hydroxylation is 1. The van der Waals surface area contributed by atoms with Crippen LogP contribution in [0.25, 0.3) is 0 Å². The van der Waals surface area contributed by atoms with Gasteiger partial charge in [-0.1, -0.05) is 6.42 Å². The number of hydrogen-bond acceptors (Lipinski definition) is 11. The lowest BCUT2D eigenvalue weighted by Crippen LogP contribution is -2.42. The number of rotatable bonds is 9. The van der Waals surface area contributed by atoms with E-state index in [-0.39, 0.29) is 12.3 Å². The molecule has 2 atom stereocenters. The van der Waals surface area contributed by atoms with Crippen molar-refractivity contribution in [3.8, 4) is 11.5 Å². The van der Waals surface area contributed by atoms with Gasteiger partial charge in [0.1, 0.15) is 11.9 Å². The number of ether oxygens (including phenoxy) is 4. The Morgan fingerprint density at radius 3 is 2.97 bits per heavy atom. The van der Waals surface area contributed by atoms with E-state index in [2.05, 4.69) is 15.4 Å². The molecule has 1 N–H and O–H groups in total. The molecule has 0 aromatic carbocycles. The van der Waals surface area contributed by atoms with Crippen molar-refractivity contribution in [3.63, 3.8) is 0 Å². The molecule has 3 aliphatic rings. The van der Waals surface area contributed by atoms with Crippen LogP contribution in [0, 0.1) is 6.92 Å². The third kappa shape index (κ3) is 5.92. The van der Waals surface area contributed by atoms with Crippen molar-refractivity contribution < 1.29 is 18.9 Å². The van der Waals surface area contributed by atoms with E-state index in [0.29, 0.717) is 30.5 Å². The Morgan fingerprint density at radius 1 is 1.26 bits per heavy atom. The zero-order valence-electron chi connectivity index (χ0n) is 20.0. The summed E-state index contributed by atoms with van der Waals surface area (Å²) in [7, 11) is 1.70. The van der Waals surface area contributed by atoms with Crippen molar-refractivity contribution in [2.45, 2.75) is 62.0 Å². The monoisotopic (exact) mass is 517 g/mol. The molecule has 9 nitrogen and oxygen atoms in total. The van der Waals surface area contributed by atoms with Gasteiger partial charge >= 0.3 is 0 Å². The second kappa shape index (κ2) is 11.4. The highest BCUT2D eigenvalue weighted by molar-refractivity contribution is 8.10. The summed E-state index contributed by atoms with van der Waals surface area (Å²) in [4.78, 5) is 14.7. The van der Waals surface area contributed by atoms with E-state index in [0.717, 1.165) is 42.0 Å². The molecule has 2 aromatic rings. The predicted octanol–water partition coefficient (Wildman–Crippen LogP) is 5.04. The first-order valence-electron chi connectivity index (χ1n) is 11.9. The van der Waals surface area contributed by atoms with E-state index in [1.165, 1.54) is 18.4 Å². The first kappa shape index (κ1) is 24.8. The molecule has 0 bridgehead atoms. The van der Waals surface area contributed by atoms with Crippen molar-refractivity contribution in [1.82, 2.24) is 14.4 Å². The number of hydrogen-bond donors (Lipinski definition) is 1. The van der Waals surface area contributed by atoms with E-state index in [1.807, 2.05) is 41.3 Å². The fraction of sp³-hybridized carbons (Fsp3) is 0.542. The third-order valence-electron chi connectivity index (χ3n) is 6.22. The third-order valence-corrected chi connectivity index (χ3v) is 7.90. The number of anilines is 1. The average Bonchev–Trinajstić information content (AvgIpc) is 3.50. The van der Waals surface area contributed by atoms with Crippen LogP contribution in [0.5, 0.6) is 11.5 Å². The summed E-state index contributed by atoms with van der Waals surface area (Å²) in [6.45, 7) is 3.12. The quantitative estimate of drug-likeness (QED) is 0.277. The van der Waals surface area contributed by atoms with Gasteiger partial charge in [0.25, 0.3) is 0 Å². The van der Waals surface area contributed by atoms with E-state index >= 15 is 0 Å². The van der Waals surface area contributed by atoms with Crippen LogP contribution in [0.4, 0.5) is 5.82 Å². The van der Waals surface area contributed by atoms with Crippen molar-refractivity contribution >= 4 is 35.1 Å². The molecule has 5 rings (SSSR count). The van der Waals surface area contributed by atoms with Gasteiger partial charge in [0.05, 0.1) is 24.5 Å². The van der Waals surface area contributed by atoms with Gasteiger partial charge in [-0.2, -0.15) is 0 Å². The van der Waals surface area contributed by atoms with Gasteiger partial charge < -0.3 is 18.9 Å². The first-order valence-corrected chi connectivity index (χ1v) is 13.8. The van der Waals surface area contributed by atoms with Crippen LogP contribution in [0.2, 0.25) is 0 Å². The van der Waals surface area contributed by atoms with E-state index in [9.17, 15) is 0 Å². The minimum absolute atomic E-state index is 0.152. The van der Waals surface area contributed by atoms with Crippen LogP contribution in [-0.2, 0) is 14.2 Å². The molecule has 2 aliphatic heterocycles. The van der Waals surface area contributed by atoms with Gasteiger partial charge in [0.15, 0.2) is 23.5 Å². The second-order valence-corrected chi connectivity index (χ2v) is 10.7. The largest absolute Gasteiger partial charge is 0.451 e. The number of pyridine rings is 2. The summed E-state index contributed by atoms with van der Waals surface area (Å²) >= 11 is 3.14. The highest BCUT2D eigenvalue weighted by Crippen LogP contribution is 2.41. The molecule has 1 unspecified atom stereocenters. The standard InChI is InChI=1S/C24H31N5O4S2/c1-17-19(7-6-10-25-17)32-20-13-18(34-12-11-30-2)14-26-22(20)28-29-23(27-16-35-29)21-15-31-24(33-21)8-4-3-5-9-24/h6-7,10,13-14,16,21,23H,3-5,8-9,11-12,15H2,1-2H3,(H,26,28)/t21?,23-/m0/s1. The van der Waals surface area contributed by atoms with Crippen LogP contribution in [0.3, 0.4) is 0 Å². The molecular weight excluding hydrogens is 486 g/mol. The average molecular weight is 518 g/mol. The van der Waals surface area contributed by atoms with Gasteiger partial charge in [-0.15, -0.1) is 16.2 Å². The van der Waals surface area contributed by atoms with E-state index in [4.69, 9.17) is 23.9 Å². The van der Waals surface area contributed by atoms with Gasteiger partial charge in [-0.05, 0) is 49.9 Å². The Kier molecular flexibility index (Phi) is 8.11. The van der Waals surface area contributed by atoms with Gasteiger partial charge in [0.2, 0.25) is 0 Å². The van der Waals surface area contributed by atoms with Crippen LogP contribution in [0.1, 0.15) is 37.8 Å². The molecule has 0 radical (unpaired) electrons. The molecule has 1 saturated carbocycles. The Labute approximate surface area is 214 Å². The fourth-order valence-electron chi connectivity index (χ4n) is 4.39. The van der Waals surface area contributed by atoms with Crippen molar-refractivity contribution in [1.29, 1.82) is 0 Å². The molecule has 1 spiro atoms. The summed E-state index contributed by atoms with van der Waals surface area (Å²) in [5.41, 5.74) is 6.04. The molecule has 2 fully saturated rings. The summed E-state index contributed by atoms with van der Waals surface area (Å²) in [5.74, 6) is 2.28. The lowest BCUT2D eigenvalue weighted by molar-refractivity contribution is -0.190. The Hall–Kier alpha value is -1.89. The van der Waals surface area contributed by atoms with E-state index < -0.39 is 5.79 Å². The maximum Gasteiger partial charge on any atom is 0.184 e. The maximum atomic E-state index is 6.45. The zero-order valence-corrected chi connectivity index (χ0v) is 21.6. The fourth-order valence-corrected chi connectivity index (χ4v) is 5.93. The van der Waals surface area contributed by atoms with Gasteiger partial charge in [-0.3, -0.25) is 15.4 Å². The number of nitrogens with one attached hydrogen (secondary N) is 1. The lowest BCUT2D eigenvalue weighted by atomic mass is 9.94. The minimum Gasteiger partial charge on any atom is -0.451 e. The van der Waals surface area contributed by atoms with Crippen molar-refractivity contribution in [2.75, 3.05) is 31.5 Å². The minimum atomic E-state index is -0.442. The van der Waals surface area contributed by atoms with Gasteiger partial charge in [-0.25, -0.2) is 4.98 Å². The number of hydrazine groups is 1. The molecule has 2 aromatic heterocycles. The number of nitrogens with zero attached hydrogens (tertiary/aromatic N) is 4. The number of aliphatic imine (C=N–C) groups is 1. The molecular formula is C24H31N5O4S2. The summed E-state index contributed by atoms with van der Waals surface area (Å²) < 4.78 is 26.0. The summed E-state index contributed by atoms with van der Waals surface area (Å²) in [5, 5.41) is 0. The summed E-state index contributed by atoms with van der Waals surface area (Å²) in [6.07, 6.45) is 8.65. The molecule has 11 heteroatoms. The Bertz CT molecular complexity index is 1040. The molecule has 188 valence electrons. The molecule has 4 heterocycles. The van der Waals surface area contributed by atoms with Crippen LogP contribution in [0.15, 0.2) is 40.5 Å². The van der Waals surface area contributed by atoms with Crippen molar-refractivity contribution in [3.05, 3.63) is 36.3 Å². The normalized spacial score (nSPS) is 23.7. The zero-order chi connectivity index (χ0) is 24.1.